The fourth-order valence-electron chi connectivity index (χ4n) is 4.35. The summed E-state index contributed by atoms with van der Waals surface area (Å²) in [6, 6.07) is 24.9. The number of Topliss-reactive ketones (excluding diaryl/α,β-unsaturated/α-hetero) is 1. The molecule has 1 aromatic heterocycles. The Bertz CT molecular complexity index is 1330. The van der Waals surface area contributed by atoms with E-state index in [9.17, 15) is 9.59 Å². The highest BCUT2D eigenvalue weighted by Gasteiger charge is 2.17. The van der Waals surface area contributed by atoms with E-state index in [4.69, 9.17) is 9.72 Å². The van der Waals surface area contributed by atoms with Crippen LogP contribution in [0.5, 0.6) is 0 Å². The van der Waals surface area contributed by atoms with E-state index in [2.05, 4.69) is 6.92 Å². The van der Waals surface area contributed by atoms with Crippen molar-refractivity contribution in [1.29, 1.82) is 0 Å². The summed E-state index contributed by atoms with van der Waals surface area (Å²) in [5, 5.41) is 0.718. The maximum absolute atomic E-state index is 13.1. The van der Waals surface area contributed by atoms with Crippen molar-refractivity contribution in [3.63, 3.8) is 0 Å². The fourth-order valence-corrected chi connectivity index (χ4v) is 4.35. The van der Waals surface area contributed by atoms with E-state index in [1.807, 2.05) is 79.7 Å². The molecule has 0 fully saturated rings. The maximum atomic E-state index is 13.1. The Morgan fingerprint density at radius 1 is 0.833 bits per heavy atom. The van der Waals surface area contributed by atoms with Crippen molar-refractivity contribution >= 4 is 22.7 Å². The van der Waals surface area contributed by atoms with Crippen LogP contribution < -0.4 is 0 Å². The highest BCUT2D eigenvalue weighted by atomic mass is 16.5. The quantitative estimate of drug-likeness (QED) is 0.125. The zero-order chi connectivity index (χ0) is 25.3. The van der Waals surface area contributed by atoms with Gasteiger partial charge in [0.1, 0.15) is 0 Å². The Kier molecular flexibility index (Phi) is 8.62. The number of aromatic nitrogens is 1. The lowest BCUT2D eigenvalue weighted by Crippen LogP contribution is -2.15. The average Bonchev–Trinajstić information content (AvgIpc) is 2.91. The minimum Gasteiger partial charge on any atom is -0.454 e. The summed E-state index contributed by atoms with van der Waals surface area (Å²) in [5.74, 6) is -0.738. The number of hydrogen-bond donors (Lipinski definition) is 0. The molecule has 184 valence electrons. The molecule has 0 saturated carbocycles. The van der Waals surface area contributed by atoms with E-state index >= 15 is 0 Å². The topological polar surface area (TPSA) is 56.3 Å². The van der Waals surface area contributed by atoms with Gasteiger partial charge < -0.3 is 4.74 Å². The molecule has 0 N–H and O–H groups in total. The predicted octanol–water partition coefficient (Wildman–Crippen LogP) is 7.76. The van der Waals surface area contributed by atoms with Crippen LogP contribution in [0.2, 0.25) is 0 Å². The molecule has 0 aliphatic rings. The molecule has 4 heteroatoms. The molecule has 36 heavy (non-hydrogen) atoms. The first-order valence-corrected chi connectivity index (χ1v) is 12.8. The van der Waals surface area contributed by atoms with Gasteiger partial charge in [-0.3, -0.25) is 4.79 Å². The summed E-state index contributed by atoms with van der Waals surface area (Å²) in [6.07, 6.45) is 7.22. The highest BCUT2D eigenvalue weighted by molar-refractivity contribution is 6.06. The largest absolute Gasteiger partial charge is 0.454 e. The van der Waals surface area contributed by atoms with Gasteiger partial charge in [0.15, 0.2) is 12.4 Å². The lowest BCUT2D eigenvalue weighted by Gasteiger charge is -2.11. The zero-order valence-corrected chi connectivity index (χ0v) is 21.1. The van der Waals surface area contributed by atoms with Crippen LogP contribution >= 0.6 is 0 Å². The Labute approximate surface area is 213 Å². The third kappa shape index (κ3) is 6.45. The van der Waals surface area contributed by atoms with E-state index in [0.717, 1.165) is 29.4 Å². The summed E-state index contributed by atoms with van der Waals surface area (Å²) in [7, 11) is 0. The average molecular weight is 480 g/mol. The number of fused-ring (bicyclic) bond motifs is 1. The lowest BCUT2D eigenvalue weighted by atomic mass is 10.0. The number of hydrogen-bond acceptors (Lipinski definition) is 4. The second-order valence-electron chi connectivity index (χ2n) is 9.30. The molecule has 0 spiro atoms. The van der Waals surface area contributed by atoms with Gasteiger partial charge in [-0.1, -0.05) is 98.8 Å². The van der Waals surface area contributed by atoms with Crippen LogP contribution in [0.1, 0.15) is 70.9 Å². The van der Waals surface area contributed by atoms with Crippen LogP contribution in [0.3, 0.4) is 0 Å². The van der Waals surface area contributed by atoms with Crippen molar-refractivity contribution < 1.29 is 14.3 Å². The second kappa shape index (κ2) is 12.3. The van der Waals surface area contributed by atoms with Crippen LogP contribution in [-0.2, 0) is 11.2 Å². The molecule has 0 saturated heterocycles. The molecule has 0 aliphatic carbocycles. The first-order chi connectivity index (χ1) is 17.5. The number of pyridine rings is 1. The molecule has 0 aliphatic heterocycles. The third-order valence-corrected chi connectivity index (χ3v) is 6.43. The monoisotopic (exact) mass is 479 g/mol. The summed E-state index contributed by atoms with van der Waals surface area (Å²) >= 11 is 0. The molecular formula is C32H33NO3. The van der Waals surface area contributed by atoms with Crippen molar-refractivity contribution in [2.24, 2.45) is 0 Å². The van der Waals surface area contributed by atoms with Gasteiger partial charge in [-0.05, 0) is 43.5 Å². The molecule has 0 bridgehead atoms. The highest BCUT2D eigenvalue weighted by Crippen LogP contribution is 2.26. The molecule has 0 unspecified atom stereocenters. The maximum Gasteiger partial charge on any atom is 0.339 e. The molecule has 3 aromatic carbocycles. The summed E-state index contributed by atoms with van der Waals surface area (Å²) in [5.41, 5.74) is 5.53. The van der Waals surface area contributed by atoms with Crippen molar-refractivity contribution in [1.82, 2.24) is 4.98 Å². The van der Waals surface area contributed by atoms with Gasteiger partial charge in [0, 0.05) is 16.5 Å². The molecule has 0 radical (unpaired) electrons. The fraction of sp³-hybridized carbons (Fsp3) is 0.281. The smallest absolute Gasteiger partial charge is 0.339 e. The molecule has 0 amide bonds. The third-order valence-electron chi connectivity index (χ3n) is 6.43. The van der Waals surface area contributed by atoms with Crippen LogP contribution in [0, 0.1) is 6.92 Å². The molecule has 4 nitrogen and oxygen atoms in total. The number of benzene rings is 3. The van der Waals surface area contributed by atoms with Crippen molar-refractivity contribution in [3.05, 3.63) is 101 Å². The van der Waals surface area contributed by atoms with Crippen molar-refractivity contribution in [2.45, 2.75) is 52.4 Å². The van der Waals surface area contributed by atoms with Gasteiger partial charge in [-0.2, -0.15) is 0 Å². The van der Waals surface area contributed by atoms with Crippen LogP contribution in [0.25, 0.3) is 22.2 Å². The number of carbonyl (C=O) groups is 2. The van der Waals surface area contributed by atoms with Gasteiger partial charge in [0.25, 0.3) is 0 Å². The van der Waals surface area contributed by atoms with Crippen molar-refractivity contribution in [2.75, 3.05) is 6.61 Å². The zero-order valence-electron chi connectivity index (χ0n) is 21.1. The normalized spacial score (nSPS) is 10.9. The Morgan fingerprint density at radius 3 is 2.33 bits per heavy atom. The lowest BCUT2D eigenvalue weighted by molar-refractivity contribution is 0.0476. The molecular weight excluding hydrogens is 446 g/mol. The molecule has 4 aromatic rings. The summed E-state index contributed by atoms with van der Waals surface area (Å²) in [6.45, 7) is 3.89. The van der Waals surface area contributed by atoms with Crippen molar-refractivity contribution in [3.8, 4) is 11.3 Å². The SMILES string of the molecule is CCCCCCCc1ccc(C(=O)COC(=O)c2cc(-c3ccccc3)nc3ccc(C)cc23)cc1. The van der Waals surface area contributed by atoms with Gasteiger partial charge in [0.05, 0.1) is 16.8 Å². The van der Waals surface area contributed by atoms with E-state index in [1.54, 1.807) is 6.07 Å². The number of carbonyl (C=O) groups excluding carboxylic acids is 2. The molecule has 4 rings (SSSR count). The number of unbranched alkanes of at least 4 members (excludes halogenated alkanes) is 4. The van der Waals surface area contributed by atoms with Crippen LogP contribution in [0.4, 0.5) is 0 Å². The number of aryl methyl sites for hydroxylation is 2. The Hall–Kier alpha value is -3.79. The summed E-state index contributed by atoms with van der Waals surface area (Å²) in [4.78, 5) is 30.6. The number of rotatable bonds is 11. The first kappa shape index (κ1) is 25.3. The van der Waals surface area contributed by atoms with Gasteiger partial charge in [0.2, 0.25) is 0 Å². The van der Waals surface area contributed by atoms with E-state index in [0.29, 0.717) is 22.3 Å². The predicted molar refractivity (Wildman–Crippen MR) is 145 cm³/mol. The van der Waals surface area contributed by atoms with E-state index in [-0.39, 0.29) is 12.4 Å². The van der Waals surface area contributed by atoms with E-state index in [1.165, 1.54) is 31.2 Å². The van der Waals surface area contributed by atoms with Crippen LogP contribution in [0.15, 0.2) is 78.9 Å². The number of nitrogens with zero attached hydrogens (tertiary/aromatic N) is 1. The summed E-state index contributed by atoms with van der Waals surface area (Å²) < 4.78 is 5.50. The second-order valence-corrected chi connectivity index (χ2v) is 9.30. The molecule has 1 heterocycles. The van der Waals surface area contributed by atoms with Crippen LogP contribution in [-0.4, -0.2) is 23.3 Å². The number of esters is 1. The minimum absolute atomic E-state index is 0.212. The first-order valence-electron chi connectivity index (χ1n) is 12.8. The minimum atomic E-state index is -0.526. The van der Waals surface area contributed by atoms with Gasteiger partial charge >= 0.3 is 5.97 Å². The van der Waals surface area contributed by atoms with Gasteiger partial charge in [-0.25, -0.2) is 9.78 Å². The van der Waals surface area contributed by atoms with E-state index < -0.39 is 5.97 Å². The Morgan fingerprint density at radius 2 is 1.58 bits per heavy atom. The van der Waals surface area contributed by atoms with Gasteiger partial charge in [-0.15, -0.1) is 0 Å². The number of ketones is 1. The standard InChI is InChI=1S/C32H33NO3/c1-3-4-5-6-8-11-24-15-17-26(18-16-24)31(34)22-36-32(35)28-21-30(25-12-9-7-10-13-25)33-29-19-14-23(2)20-27(28)29/h7,9-10,12-21H,3-6,8,11,22H2,1-2H3. The number of ether oxygens (including phenoxy) is 1. The molecule has 0 atom stereocenters. The Balaban J connectivity index is 1.45.